The maximum atomic E-state index is 5.37. The van der Waals surface area contributed by atoms with Gasteiger partial charge in [-0.05, 0) is 20.9 Å². The van der Waals surface area contributed by atoms with Crippen LogP contribution >= 0.6 is 0 Å². The summed E-state index contributed by atoms with van der Waals surface area (Å²) < 4.78 is 0. The quantitative estimate of drug-likeness (QED) is 0.528. The molecule has 0 radical (unpaired) electrons. The first-order valence-corrected chi connectivity index (χ1v) is 3.78. The Hall–Kier alpha value is -0.120. The molecular weight excluding hydrogens is 126 g/mol. The minimum atomic E-state index is 0.556. The van der Waals surface area contributed by atoms with E-state index < -0.39 is 0 Å². The lowest BCUT2D eigenvalue weighted by Gasteiger charge is -2.17. The molecule has 0 amide bonds. The van der Waals surface area contributed by atoms with E-state index in [2.05, 4.69) is 31.1 Å². The zero-order valence-electron chi connectivity index (χ0n) is 7.22. The predicted molar refractivity (Wildman–Crippen MR) is 44.8 cm³/mol. The number of hydrogen-bond donors (Lipinski definition) is 2. The fraction of sp³-hybridized carbons (Fsp3) is 1.00. The van der Waals surface area contributed by atoms with Crippen molar-refractivity contribution in [3.63, 3.8) is 0 Å². The van der Waals surface area contributed by atoms with Gasteiger partial charge in [-0.2, -0.15) is 0 Å². The zero-order valence-corrected chi connectivity index (χ0v) is 7.22. The van der Waals surface area contributed by atoms with Crippen molar-refractivity contribution >= 4 is 0 Å². The smallest absolute Gasteiger partial charge is 0.0480 e. The van der Waals surface area contributed by atoms with Crippen LogP contribution in [0.2, 0.25) is 0 Å². The molecule has 0 aliphatic rings. The molecule has 0 heterocycles. The first-order valence-electron chi connectivity index (χ1n) is 3.78. The van der Waals surface area contributed by atoms with E-state index in [1.54, 1.807) is 0 Å². The summed E-state index contributed by atoms with van der Waals surface area (Å²) in [5, 5.41) is 3.30. The van der Waals surface area contributed by atoms with Gasteiger partial charge in [-0.3, -0.25) is 4.90 Å². The highest BCUT2D eigenvalue weighted by atomic mass is 15.2. The molecule has 0 aliphatic heterocycles. The lowest BCUT2D eigenvalue weighted by molar-refractivity contribution is 0.302. The molecule has 3 nitrogen and oxygen atoms in total. The first kappa shape index (κ1) is 9.88. The first-order chi connectivity index (χ1) is 4.66. The monoisotopic (exact) mass is 145 g/mol. The Morgan fingerprint density at radius 3 is 2.50 bits per heavy atom. The molecule has 0 aromatic rings. The third-order valence-electron chi connectivity index (χ3n) is 1.28. The van der Waals surface area contributed by atoms with E-state index in [4.69, 9.17) is 5.73 Å². The van der Waals surface area contributed by atoms with Crippen LogP contribution in [-0.4, -0.2) is 37.7 Å². The number of rotatable bonds is 5. The van der Waals surface area contributed by atoms with Gasteiger partial charge in [0.05, 0.1) is 0 Å². The third-order valence-corrected chi connectivity index (χ3v) is 1.28. The summed E-state index contributed by atoms with van der Waals surface area (Å²) in [4.78, 5) is 2.17. The minimum absolute atomic E-state index is 0.556. The van der Waals surface area contributed by atoms with Crippen LogP contribution in [-0.2, 0) is 0 Å². The van der Waals surface area contributed by atoms with E-state index in [0.717, 1.165) is 19.8 Å². The fourth-order valence-corrected chi connectivity index (χ4v) is 0.638. The van der Waals surface area contributed by atoms with Crippen LogP contribution in [0.5, 0.6) is 0 Å². The van der Waals surface area contributed by atoms with Crippen molar-refractivity contribution < 1.29 is 0 Å². The van der Waals surface area contributed by atoms with Gasteiger partial charge in [-0.1, -0.05) is 0 Å². The van der Waals surface area contributed by atoms with Crippen LogP contribution in [0.15, 0.2) is 0 Å². The molecular formula is C7H19N3. The molecule has 0 saturated carbocycles. The number of likely N-dealkylation sites (N-methyl/N-ethyl adjacent to an activating group) is 1. The maximum Gasteiger partial charge on any atom is 0.0480 e. The minimum Gasteiger partial charge on any atom is -0.329 e. The van der Waals surface area contributed by atoms with Crippen LogP contribution < -0.4 is 11.1 Å². The number of hydrogen-bond acceptors (Lipinski definition) is 3. The molecule has 0 atom stereocenters. The number of nitrogens with zero attached hydrogens (tertiary/aromatic N) is 1. The number of nitrogens with one attached hydrogen (secondary N) is 1. The molecule has 10 heavy (non-hydrogen) atoms. The molecule has 0 unspecified atom stereocenters. The summed E-state index contributed by atoms with van der Waals surface area (Å²) in [6.07, 6.45) is 0. The van der Waals surface area contributed by atoms with Gasteiger partial charge in [-0.15, -0.1) is 0 Å². The molecule has 3 heteroatoms. The van der Waals surface area contributed by atoms with Crippen LogP contribution in [0.3, 0.4) is 0 Å². The average Bonchev–Trinajstić information content (AvgIpc) is 1.85. The highest BCUT2D eigenvalue weighted by molar-refractivity contribution is 4.53. The van der Waals surface area contributed by atoms with Gasteiger partial charge in [0.25, 0.3) is 0 Å². The summed E-state index contributed by atoms with van der Waals surface area (Å²) in [7, 11) is 2.06. The fourth-order valence-electron chi connectivity index (χ4n) is 0.638. The summed E-state index contributed by atoms with van der Waals surface area (Å²) in [5.74, 6) is 0. The molecule has 62 valence electrons. The third kappa shape index (κ3) is 6.01. The second kappa shape index (κ2) is 5.65. The van der Waals surface area contributed by atoms with Crippen LogP contribution in [0.1, 0.15) is 13.8 Å². The molecule has 0 saturated heterocycles. The van der Waals surface area contributed by atoms with Crippen molar-refractivity contribution in [1.29, 1.82) is 0 Å². The van der Waals surface area contributed by atoms with Crippen molar-refractivity contribution in [2.24, 2.45) is 5.73 Å². The van der Waals surface area contributed by atoms with Crippen molar-refractivity contribution in [2.45, 2.75) is 19.9 Å². The summed E-state index contributed by atoms with van der Waals surface area (Å²) >= 11 is 0. The largest absolute Gasteiger partial charge is 0.329 e. The Bertz CT molecular complexity index is 73.3. The van der Waals surface area contributed by atoms with E-state index in [0.29, 0.717) is 6.04 Å². The van der Waals surface area contributed by atoms with Crippen molar-refractivity contribution in [2.75, 3.05) is 26.8 Å². The Morgan fingerprint density at radius 2 is 2.10 bits per heavy atom. The van der Waals surface area contributed by atoms with Gasteiger partial charge >= 0.3 is 0 Å². The van der Waals surface area contributed by atoms with E-state index in [1.807, 2.05) is 0 Å². The van der Waals surface area contributed by atoms with E-state index in [-0.39, 0.29) is 0 Å². The normalized spacial score (nSPS) is 11.4. The van der Waals surface area contributed by atoms with Crippen LogP contribution in [0.25, 0.3) is 0 Å². The summed E-state index contributed by atoms with van der Waals surface area (Å²) in [5.41, 5.74) is 5.37. The van der Waals surface area contributed by atoms with Gasteiger partial charge in [0.1, 0.15) is 0 Å². The van der Waals surface area contributed by atoms with Gasteiger partial charge in [0.15, 0.2) is 0 Å². The van der Waals surface area contributed by atoms with Crippen molar-refractivity contribution in [3.8, 4) is 0 Å². The lowest BCUT2D eigenvalue weighted by Crippen LogP contribution is -2.37. The van der Waals surface area contributed by atoms with Crippen molar-refractivity contribution in [1.82, 2.24) is 10.2 Å². The molecule has 0 fully saturated rings. The summed E-state index contributed by atoms with van der Waals surface area (Å²) in [6, 6.07) is 0.556. The molecule has 0 spiro atoms. The van der Waals surface area contributed by atoms with Gasteiger partial charge in [0, 0.05) is 25.8 Å². The Labute approximate surface area is 63.6 Å². The average molecular weight is 145 g/mol. The highest BCUT2D eigenvalue weighted by Gasteiger charge is 1.95. The standard InChI is InChI=1S/C7H19N3/c1-7(2)9-6-10(3)5-4-8/h7,9H,4-6,8H2,1-3H3. The molecule has 0 bridgehead atoms. The highest BCUT2D eigenvalue weighted by Crippen LogP contribution is 1.79. The predicted octanol–water partition coefficient (Wildman–Crippen LogP) is -0.168. The lowest BCUT2D eigenvalue weighted by atomic mass is 10.4. The number of nitrogens with two attached hydrogens (primary N) is 1. The molecule has 0 aliphatic carbocycles. The molecule has 3 N–H and O–H groups in total. The second-order valence-electron chi connectivity index (χ2n) is 2.89. The van der Waals surface area contributed by atoms with Gasteiger partial charge in [0.2, 0.25) is 0 Å². The van der Waals surface area contributed by atoms with Gasteiger partial charge < -0.3 is 11.1 Å². The Balaban J connectivity index is 3.12. The van der Waals surface area contributed by atoms with Crippen LogP contribution in [0, 0.1) is 0 Å². The van der Waals surface area contributed by atoms with E-state index in [9.17, 15) is 0 Å². The van der Waals surface area contributed by atoms with E-state index >= 15 is 0 Å². The maximum absolute atomic E-state index is 5.37. The van der Waals surface area contributed by atoms with E-state index in [1.165, 1.54) is 0 Å². The van der Waals surface area contributed by atoms with Crippen LogP contribution in [0.4, 0.5) is 0 Å². The molecule has 0 aromatic heterocycles. The SMILES string of the molecule is CC(C)NCN(C)CCN. The zero-order chi connectivity index (χ0) is 7.98. The second-order valence-corrected chi connectivity index (χ2v) is 2.89. The summed E-state index contributed by atoms with van der Waals surface area (Å²) in [6.45, 7) is 6.89. The molecule has 0 rings (SSSR count). The van der Waals surface area contributed by atoms with Gasteiger partial charge in [-0.25, -0.2) is 0 Å². The topological polar surface area (TPSA) is 41.3 Å². The Morgan fingerprint density at radius 1 is 1.50 bits per heavy atom. The molecule has 0 aromatic carbocycles. The Kier molecular flexibility index (Phi) is 5.58. The van der Waals surface area contributed by atoms with Crippen molar-refractivity contribution in [3.05, 3.63) is 0 Å².